The van der Waals surface area contributed by atoms with Crippen molar-refractivity contribution in [2.45, 2.75) is 39.5 Å². The lowest BCUT2D eigenvalue weighted by atomic mass is 9.86. The summed E-state index contributed by atoms with van der Waals surface area (Å²) in [5, 5.41) is 6.27. The van der Waals surface area contributed by atoms with Crippen molar-refractivity contribution in [1.29, 1.82) is 0 Å². The number of carbonyl (C=O) groups excluding carboxylic acids is 1. The maximum Gasteiger partial charge on any atom is 0.223 e. The Balaban J connectivity index is 1.76. The van der Waals surface area contributed by atoms with Crippen LogP contribution in [0.2, 0.25) is 0 Å². The van der Waals surface area contributed by atoms with Gasteiger partial charge in [0.2, 0.25) is 5.91 Å². The standard InChI is InChI=1S/C18H28N2O/c1-13(15-11-19-12-15)17(21)20-10-9-14-5-7-16(8-6-14)18(2,3)4/h5-8,13,15,19H,9-12H2,1-4H3,(H,20,21). The van der Waals surface area contributed by atoms with Crippen molar-refractivity contribution in [3.05, 3.63) is 35.4 Å². The molecule has 1 aromatic carbocycles. The third-order valence-corrected chi connectivity index (χ3v) is 4.47. The molecule has 1 fully saturated rings. The van der Waals surface area contributed by atoms with Crippen LogP contribution in [0.3, 0.4) is 0 Å². The van der Waals surface area contributed by atoms with Gasteiger partial charge in [-0.1, -0.05) is 52.0 Å². The van der Waals surface area contributed by atoms with Crippen LogP contribution >= 0.6 is 0 Å². The molecule has 3 heteroatoms. The highest BCUT2D eigenvalue weighted by molar-refractivity contribution is 5.78. The molecule has 0 spiro atoms. The predicted octanol–water partition coefficient (Wildman–Crippen LogP) is 2.50. The van der Waals surface area contributed by atoms with Crippen LogP contribution in [0.5, 0.6) is 0 Å². The topological polar surface area (TPSA) is 41.1 Å². The van der Waals surface area contributed by atoms with E-state index in [2.05, 4.69) is 55.7 Å². The number of rotatable bonds is 5. The lowest BCUT2D eigenvalue weighted by Gasteiger charge is -2.31. The molecular formula is C18H28N2O. The number of amides is 1. The molecule has 116 valence electrons. The second kappa shape index (κ2) is 6.61. The zero-order valence-corrected chi connectivity index (χ0v) is 13.7. The van der Waals surface area contributed by atoms with E-state index in [1.54, 1.807) is 0 Å². The largest absolute Gasteiger partial charge is 0.356 e. The van der Waals surface area contributed by atoms with Crippen LogP contribution in [0.4, 0.5) is 0 Å². The molecule has 0 saturated carbocycles. The average Bonchev–Trinajstić information content (AvgIpc) is 2.36. The van der Waals surface area contributed by atoms with Gasteiger partial charge in [-0.05, 0) is 42.0 Å². The van der Waals surface area contributed by atoms with Gasteiger partial charge in [-0.3, -0.25) is 4.79 Å². The first-order chi connectivity index (χ1) is 9.88. The fraction of sp³-hybridized carbons (Fsp3) is 0.611. The van der Waals surface area contributed by atoms with Crippen LogP contribution in [0.25, 0.3) is 0 Å². The summed E-state index contributed by atoms with van der Waals surface area (Å²) in [6.07, 6.45) is 0.895. The van der Waals surface area contributed by atoms with Gasteiger partial charge in [-0.25, -0.2) is 0 Å². The normalized spacial score (nSPS) is 17.1. The monoisotopic (exact) mass is 288 g/mol. The summed E-state index contributed by atoms with van der Waals surface area (Å²) in [6, 6.07) is 8.73. The van der Waals surface area contributed by atoms with Crippen LogP contribution in [0.15, 0.2) is 24.3 Å². The highest BCUT2D eigenvalue weighted by Gasteiger charge is 2.28. The molecule has 1 heterocycles. The molecule has 3 nitrogen and oxygen atoms in total. The van der Waals surface area contributed by atoms with E-state index in [4.69, 9.17) is 0 Å². The van der Waals surface area contributed by atoms with E-state index in [9.17, 15) is 4.79 Å². The Morgan fingerprint density at radius 2 is 1.90 bits per heavy atom. The summed E-state index contributed by atoms with van der Waals surface area (Å²) in [5.74, 6) is 0.818. The Kier molecular flexibility index (Phi) is 5.04. The van der Waals surface area contributed by atoms with Crippen LogP contribution in [-0.2, 0) is 16.6 Å². The summed E-state index contributed by atoms with van der Waals surface area (Å²) < 4.78 is 0. The van der Waals surface area contributed by atoms with Crippen LogP contribution in [-0.4, -0.2) is 25.5 Å². The van der Waals surface area contributed by atoms with Crippen molar-refractivity contribution in [3.63, 3.8) is 0 Å². The second-order valence-corrected chi connectivity index (χ2v) is 7.19. The molecule has 1 aliphatic rings. The Bertz CT molecular complexity index is 469. The molecule has 21 heavy (non-hydrogen) atoms. The van der Waals surface area contributed by atoms with Gasteiger partial charge in [-0.2, -0.15) is 0 Å². The Labute approximate surface area is 128 Å². The molecule has 2 N–H and O–H groups in total. The maximum atomic E-state index is 12.0. The molecule has 0 bridgehead atoms. The van der Waals surface area contributed by atoms with E-state index < -0.39 is 0 Å². The number of nitrogens with one attached hydrogen (secondary N) is 2. The van der Waals surface area contributed by atoms with Crippen LogP contribution in [0.1, 0.15) is 38.8 Å². The van der Waals surface area contributed by atoms with E-state index in [0.717, 1.165) is 26.1 Å². The van der Waals surface area contributed by atoms with Crippen molar-refractivity contribution in [2.24, 2.45) is 11.8 Å². The maximum absolute atomic E-state index is 12.0. The summed E-state index contributed by atoms with van der Waals surface area (Å²) in [4.78, 5) is 12.0. The number of hydrogen-bond acceptors (Lipinski definition) is 2. The third-order valence-electron chi connectivity index (χ3n) is 4.47. The first kappa shape index (κ1) is 16.0. The minimum absolute atomic E-state index is 0.120. The van der Waals surface area contributed by atoms with Crippen molar-refractivity contribution >= 4 is 5.91 Å². The van der Waals surface area contributed by atoms with Crippen molar-refractivity contribution in [1.82, 2.24) is 10.6 Å². The van der Waals surface area contributed by atoms with E-state index in [0.29, 0.717) is 5.92 Å². The smallest absolute Gasteiger partial charge is 0.223 e. The Morgan fingerprint density at radius 1 is 1.29 bits per heavy atom. The molecule has 1 unspecified atom stereocenters. The number of carbonyl (C=O) groups is 1. The fourth-order valence-corrected chi connectivity index (χ4v) is 2.54. The molecule has 1 aromatic rings. The molecule has 1 saturated heterocycles. The zero-order chi connectivity index (χ0) is 15.5. The van der Waals surface area contributed by atoms with E-state index in [1.807, 2.05) is 6.92 Å². The molecular weight excluding hydrogens is 260 g/mol. The van der Waals surface area contributed by atoms with E-state index >= 15 is 0 Å². The lowest BCUT2D eigenvalue weighted by Crippen LogP contribution is -2.49. The van der Waals surface area contributed by atoms with Gasteiger partial charge in [-0.15, -0.1) is 0 Å². The van der Waals surface area contributed by atoms with Crippen LogP contribution < -0.4 is 10.6 Å². The summed E-state index contributed by atoms with van der Waals surface area (Å²) in [6.45, 7) is 11.4. The van der Waals surface area contributed by atoms with Gasteiger partial charge >= 0.3 is 0 Å². The Hall–Kier alpha value is -1.35. The summed E-state index contributed by atoms with van der Waals surface area (Å²) >= 11 is 0. The molecule has 0 aromatic heterocycles. The van der Waals surface area contributed by atoms with Gasteiger partial charge in [0.25, 0.3) is 0 Å². The first-order valence-electron chi connectivity index (χ1n) is 7.96. The number of benzene rings is 1. The summed E-state index contributed by atoms with van der Waals surface area (Å²) in [5.41, 5.74) is 2.82. The SMILES string of the molecule is CC(C(=O)NCCc1ccc(C(C)(C)C)cc1)C1CNC1. The molecule has 0 aliphatic carbocycles. The van der Waals surface area contributed by atoms with Crippen molar-refractivity contribution in [2.75, 3.05) is 19.6 Å². The van der Waals surface area contributed by atoms with Gasteiger partial charge in [0, 0.05) is 12.5 Å². The zero-order valence-electron chi connectivity index (χ0n) is 13.7. The molecule has 1 amide bonds. The van der Waals surface area contributed by atoms with Crippen molar-refractivity contribution < 1.29 is 4.79 Å². The van der Waals surface area contributed by atoms with E-state index in [1.165, 1.54) is 11.1 Å². The lowest BCUT2D eigenvalue weighted by molar-refractivity contribution is -0.126. The number of hydrogen-bond donors (Lipinski definition) is 2. The van der Waals surface area contributed by atoms with Gasteiger partial charge in [0.1, 0.15) is 0 Å². The van der Waals surface area contributed by atoms with Gasteiger partial charge in [0.05, 0.1) is 0 Å². The fourth-order valence-electron chi connectivity index (χ4n) is 2.54. The van der Waals surface area contributed by atoms with E-state index in [-0.39, 0.29) is 17.2 Å². The minimum Gasteiger partial charge on any atom is -0.356 e. The predicted molar refractivity (Wildman–Crippen MR) is 87.4 cm³/mol. The quantitative estimate of drug-likeness (QED) is 0.874. The Morgan fingerprint density at radius 3 is 2.38 bits per heavy atom. The highest BCUT2D eigenvalue weighted by Crippen LogP contribution is 2.22. The van der Waals surface area contributed by atoms with Gasteiger partial charge in [0.15, 0.2) is 0 Å². The average molecular weight is 288 g/mol. The highest BCUT2D eigenvalue weighted by atomic mass is 16.1. The van der Waals surface area contributed by atoms with Gasteiger partial charge < -0.3 is 10.6 Å². The summed E-state index contributed by atoms with van der Waals surface area (Å²) in [7, 11) is 0. The molecule has 1 atom stereocenters. The van der Waals surface area contributed by atoms with Crippen molar-refractivity contribution in [3.8, 4) is 0 Å². The molecule has 0 radical (unpaired) electrons. The minimum atomic E-state index is 0.120. The first-order valence-corrected chi connectivity index (χ1v) is 7.96. The van der Waals surface area contributed by atoms with Crippen LogP contribution in [0, 0.1) is 11.8 Å². The second-order valence-electron chi connectivity index (χ2n) is 7.19. The molecule has 2 rings (SSSR count). The molecule has 1 aliphatic heterocycles. The third kappa shape index (κ3) is 4.31.